The molecule has 1 aliphatic rings. The van der Waals surface area contributed by atoms with Gasteiger partial charge in [0.05, 0.1) is 30.1 Å². The van der Waals surface area contributed by atoms with Crippen LogP contribution >= 0.6 is 11.3 Å². The molecule has 1 fully saturated rings. The Hall–Kier alpha value is -2.03. The van der Waals surface area contributed by atoms with Gasteiger partial charge in [-0.3, -0.25) is 4.79 Å². The predicted molar refractivity (Wildman–Crippen MR) is 87.3 cm³/mol. The van der Waals surface area contributed by atoms with E-state index < -0.39 is 30.1 Å². The molecule has 1 aliphatic heterocycles. The fraction of sp³-hybridized carbons (Fsp3) is 0.529. The van der Waals surface area contributed by atoms with Crippen molar-refractivity contribution in [3.63, 3.8) is 0 Å². The molecule has 0 spiro atoms. The highest BCUT2D eigenvalue weighted by molar-refractivity contribution is 7.10. The van der Waals surface area contributed by atoms with Gasteiger partial charge in [-0.15, -0.1) is 11.3 Å². The standard InChI is InChI=1S/C17H19F3O5S/c1-3-23-14(21)10-11(15(22)24-4-2)12-7-8-16(25-12,17(18,19)20)13-6-5-9-26-13/h5-6,9H,3-4,7-8,10H2,1-2H3/b12-11+. The van der Waals surface area contributed by atoms with E-state index in [1.54, 1.807) is 13.8 Å². The third kappa shape index (κ3) is 4.03. The Kier molecular flexibility index (Phi) is 6.33. The maximum Gasteiger partial charge on any atom is 0.433 e. The number of hydrogen-bond acceptors (Lipinski definition) is 6. The van der Waals surface area contributed by atoms with E-state index in [-0.39, 0.29) is 42.3 Å². The molecule has 1 unspecified atom stereocenters. The van der Waals surface area contributed by atoms with Crippen molar-refractivity contribution in [1.29, 1.82) is 0 Å². The molecule has 1 saturated heterocycles. The third-order valence-electron chi connectivity index (χ3n) is 3.86. The van der Waals surface area contributed by atoms with Gasteiger partial charge in [-0.05, 0) is 25.3 Å². The molecule has 26 heavy (non-hydrogen) atoms. The molecule has 144 valence electrons. The van der Waals surface area contributed by atoms with Crippen LogP contribution in [0.15, 0.2) is 28.8 Å². The molecular formula is C17H19F3O5S. The lowest BCUT2D eigenvalue weighted by Crippen LogP contribution is -2.40. The van der Waals surface area contributed by atoms with Crippen LogP contribution in [0.4, 0.5) is 13.2 Å². The lowest BCUT2D eigenvalue weighted by atomic mass is 9.97. The Balaban J connectivity index is 2.42. The monoisotopic (exact) mass is 392 g/mol. The van der Waals surface area contributed by atoms with Crippen LogP contribution < -0.4 is 0 Å². The van der Waals surface area contributed by atoms with E-state index in [1.807, 2.05) is 0 Å². The van der Waals surface area contributed by atoms with Gasteiger partial charge in [0.25, 0.3) is 0 Å². The fourth-order valence-corrected chi connectivity index (χ4v) is 3.61. The van der Waals surface area contributed by atoms with Gasteiger partial charge in [0.2, 0.25) is 5.60 Å². The number of halogens is 3. The van der Waals surface area contributed by atoms with Crippen molar-refractivity contribution in [2.45, 2.75) is 44.9 Å². The average Bonchev–Trinajstić information content (AvgIpc) is 3.22. The number of alkyl halides is 3. The molecule has 1 aromatic heterocycles. The average molecular weight is 392 g/mol. The van der Waals surface area contributed by atoms with Crippen LogP contribution in [-0.2, 0) is 29.4 Å². The summed E-state index contributed by atoms with van der Waals surface area (Å²) in [5.41, 5.74) is -2.75. The molecule has 5 nitrogen and oxygen atoms in total. The highest BCUT2D eigenvalue weighted by Gasteiger charge is 2.62. The first-order valence-electron chi connectivity index (χ1n) is 8.09. The number of esters is 2. The molecule has 1 atom stereocenters. The van der Waals surface area contributed by atoms with Crippen molar-refractivity contribution >= 4 is 23.3 Å². The molecule has 0 amide bonds. The number of rotatable bonds is 6. The normalized spacial score (nSPS) is 21.9. The molecule has 0 bridgehead atoms. The van der Waals surface area contributed by atoms with Crippen LogP contribution in [0.25, 0.3) is 0 Å². The zero-order valence-corrected chi connectivity index (χ0v) is 15.2. The molecule has 2 rings (SSSR count). The van der Waals surface area contributed by atoms with Crippen molar-refractivity contribution in [2.24, 2.45) is 0 Å². The Morgan fingerprint density at radius 1 is 1.27 bits per heavy atom. The van der Waals surface area contributed by atoms with Gasteiger partial charge in [0.15, 0.2) is 0 Å². The van der Waals surface area contributed by atoms with E-state index in [4.69, 9.17) is 14.2 Å². The van der Waals surface area contributed by atoms with E-state index >= 15 is 0 Å². The van der Waals surface area contributed by atoms with E-state index in [1.165, 1.54) is 17.5 Å². The summed E-state index contributed by atoms with van der Waals surface area (Å²) < 4.78 is 56.4. The summed E-state index contributed by atoms with van der Waals surface area (Å²) in [6, 6.07) is 2.85. The van der Waals surface area contributed by atoms with Gasteiger partial charge in [-0.25, -0.2) is 4.79 Å². The maximum atomic E-state index is 13.8. The zero-order valence-electron chi connectivity index (χ0n) is 14.4. The fourth-order valence-electron chi connectivity index (χ4n) is 2.69. The van der Waals surface area contributed by atoms with Crippen molar-refractivity contribution in [3.8, 4) is 0 Å². The minimum atomic E-state index is -4.68. The van der Waals surface area contributed by atoms with Gasteiger partial charge >= 0.3 is 18.1 Å². The third-order valence-corrected chi connectivity index (χ3v) is 4.88. The zero-order chi connectivity index (χ0) is 19.4. The molecule has 1 aromatic rings. The number of carbonyl (C=O) groups excluding carboxylic acids is 2. The lowest BCUT2D eigenvalue weighted by molar-refractivity contribution is -0.260. The first kappa shape index (κ1) is 20.3. The second-order valence-electron chi connectivity index (χ2n) is 5.51. The first-order chi connectivity index (χ1) is 12.2. The highest BCUT2D eigenvalue weighted by atomic mass is 32.1. The molecule has 0 aromatic carbocycles. The summed E-state index contributed by atoms with van der Waals surface area (Å²) in [5.74, 6) is -1.78. The molecule has 2 heterocycles. The molecule has 0 aliphatic carbocycles. The molecule has 0 radical (unpaired) electrons. The summed E-state index contributed by atoms with van der Waals surface area (Å²) in [6.45, 7) is 3.26. The van der Waals surface area contributed by atoms with Crippen LogP contribution in [0.5, 0.6) is 0 Å². The molecular weight excluding hydrogens is 373 g/mol. The van der Waals surface area contributed by atoms with Crippen LogP contribution in [0.1, 0.15) is 38.0 Å². The smallest absolute Gasteiger partial charge is 0.433 e. The van der Waals surface area contributed by atoms with Crippen molar-refractivity contribution < 1.29 is 37.0 Å². The summed E-state index contributed by atoms with van der Waals surface area (Å²) in [5, 5.41) is 1.53. The quantitative estimate of drug-likeness (QED) is 0.539. The SMILES string of the molecule is CCOC(=O)C/C(C(=O)OCC)=C1/CCC(c2cccs2)(C(F)(F)F)O1. The van der Waals surface area contributed by atoms with Crippen LogP contribution in [0.3, 0.4) is 0 Å². The number of carbonyl (C=O) groups is 2. The number of ether oxygens (including phenoxy) is 3. The van der Waals surface area contributed by atoms with Crippen LogP contribution in [-0.4, -0.2) is 31.3 Å². The second kappa shape index (κ2) is 8.11. The topological polar surface area (TPSA) is 61.8 Å². The summed E-state index contributed by atoms with van der Waals surface area (Å²) in [6.07, 6.45) is -5.69. The van der Waals surface area contributed by atoms with E-state index in [2.05, 4.69) is 0 Å². The minimum absolute atomic E-state index is 0.000608. The second-order valence-corrected chi connectivity index (χ2v) is 6.46. The van der Waals surface area contributed by atoms with Gasteiger partial charge in [-0.1, -0.05) is 6.07 Å². The van der Waals surface area contributed by atoms with Gasteiger partial charge < -0.3 is 14.2 Å². The Bertz CT molecular complexity index is 681. The Labute approximate surface area is 152 Å². The van der Waals surface area contributed by atoms with E-state index in [0.717, 1.165) is 11.3 Å². The van der Waals surface area contributed by atoms with Crippen LogP contribution in [0.2, 0.25) is 0 Å². The maximum absolute atomic E-state index is 13.8. The van der Waals surface area contributed by atoms with Gasteiger partial charge in [0.1, 0.15) is 5.76 Å². The molecule has 9 heteroatoms. The first-order valence-corrected chi connectivity index (χ1v) is 8.97. The van der Waals surface area contributed by atoms with Gasteiger partial charge in [-0.2, -0.15) is 13.2 Å². The molecule has 0 N–H and O–H groups in total. The number of thiophene rings is 1. The largest absolute Gasteiger partial charge is 0.476 e. The van der Waals surface area contributed by atoms with E-state index in [0.29, 0.717) is 0 Å². The van der Waals surface area contributed by atoms with Crippen molar-refractivity contribution in [1.82, 2.24) is 0 Å². The van der Waals surface area contributed by atoms with Gasteiger partial charge in [0, 0.05) is 12.8 Å². The van der Waals surface area contributed by atoms with Crippen molar-refractivity contribution in [3.05, 3.63) is 33.7 Å². The highest BCUT2D eigenvalue weighted by Crippen LogP contribution is 2.53. The summed E-state index contributed by atoms with van der Waals surface area (Å²) >= 11 is 0.925. The summed E-state index contributed by atoms with van der Waals surface area (Å²) in [7, 11) is 0. The van der Waals surface area contributed by atoms with Crippen LogP contribution in [0, 0.1) is 0 Å². The number of hydrogen-bond donors (Lipinski definition) is 0. The summed E-state index contributed by atoms with van der Waals surface area (Å²) in [4.78, 5) is 23.9. The minimum Gasteiger partial charge on any atom is -0.476 e. The lowest BCUT2D eigenvalue weighted by Gasteiger charge is -2.30. The number of allylic oxidation sites excluding steroid dienone is 1. The van der Waals surface area contributed by atoms with E-state index in [9.17, 15) is 22.8 Å². The Morgan fingerprint density at radius 3 is 2.50 bits per heavy atom. The van der Waals surface area contributed by atoms with Crippen molar-refractivity contribution in [2.75, 3.05) is 13.2 Å². The predicted octanol–water partition coefficient (Wildman–Crippen LogP) is 4.09. The Morgan fingerprint density at radius 2 is 1.96 bits per heavy atom. The molecule has 0 saturated carbocycles.